The van der Waals surface area contributed by atoms with E-state index in [1.165, 1.54) is 10.5 Å². The van der Waals surface area contributed by atoms with Gasteiger partial charge in [0.2, 0.25) is 0 Å². The smallest absolute Gasteiger partial charge is 0.175 e. The third-order valence-corrected chi connectivity index (χ3v) is 10.1. The van der Waals surface area contributed by atoms with Crippen LogP contribution in [-0.2, 0) is 11.3 Å². The molecule has 3 aromatic rings. The lowest BCUT2D eigenvalue weighted by Gasteiger charge is -2.48. The number of para-hydroxylation sites is 1. The molecular formula is C34H47Cl2N3O4S. The number of ether oxygens (including phenoxy) is 3. The monoisotopic (exact) mass is 663 g/mol. The van der Waals surface area contributed by atoms with Gasteiger partial charge in [-0.1, -0.05) is 42.1 Å². The lowest BCUT2D eigenvalue weighted by molar-refractivity contribution is -0.923. The number of hydrogen-bond donors (Lipinski definition) is 1. The lowest BCUT2D eigenvalue weighted by atomic mass is 10.0. The van der Waals surface area contributed by atoms with Gasteiger partial charge in [0.05, 0.1) is 26.4 Å². The molecule has 5 rings (SSSR count). The van der Waals surface area contributed by atoms with Crippen molar-refractivity contribution in [2.45, 2.75) is 48.9 Å². The summed E-state index contributed by atoms with van der Waals surface area (Å²) in [7, 11) is 3.39. The van der Waals surface area contributed by atoms with E-state index in [9.17, 15) is 5.21 Å². The number of thioether (sulfide) groups is 1. The topological polar surface area (TPSA) is 61.7 Å². The van der Waals surface area contributed by atoms with Gasteiger partial charge in [-0.2, -0.15) is 0 Å². The highest BCUT2D eigenvalue weighted by molar-refractivity contribution is 8.00. The van der Waals surface area contributed by atoms with Crippen molar-refractivity contribution in [1.82, 2.24) is 9.80 Å². The van der Waals surface area contributed by atoms with Crippen molar-refractivity contribution in [3.63, 3.8) is 0 Å². The summed E-state index contributed by atoms with van der Waals surface area (Å²) in [5, 5.41) is 13.8. The number of unbranched alkanes of at least 4 members (excludes halogenated alkanes) is 1. The highest BCUT2D eigenvalue weighted by Crippen LogP contribution is 2.46. The number of methoxy groups -OCH3 is 2. The SMILES string of the molecule is COc1cc(CCN2CCN(CCCCOc3ccccc3C3(C)Sc4ccccc4C(C)[NH+]3[O-])CC2)cc(OC)c1.Cl.Cl. The fourth-order valence-corrected chi connectivity index (χ4v) is 7.59. The summed E-state index contributed by atoms with van der Waals surface area (Å²) in [4.78, 5) is 5.63. The van der Waals surface area contributed by atoms with Crippen molar-refractivity contribution in [1.29, 1.82) is 0 Å². The van der Waals surface area contributed by atoms with Crippen molar-refractivity contribution >= 4 is 36.6 Å². The Morgan fingerprint density at radius 3 is 2.16 bits per heavy atom. The number of nitrogens with zero attached hydrogens (tertiary/aromatic N) is 2. The number of rotatable bonds is 12. The van der Waals surface area contributed by atoms with Crippen LogP contribution in [0.4, 0.5) is 0 Å². The maximum Gasteiger partial charge on any atom is 0.175 e. The van der Waals surface area contributed by atoms with E-state index < -0.39 is 4.87 Å². The third kappa shape index (κ3) is 8.55. The number of hydroxylamine groups is 2. The van der Waals surface area contributed by atoms with E-state index in [0.717, 1.165) is 86.9 Å². The standard InChI is InChI=1S/C34H45N3O4S.2ClH/c1-26-30-11-5-8-14-33(30)42-34(2,37(26)38)31-12-6-7-13-32(31)41-22-10-9-16-35-18-20-36(21-19-35)17-15-27-23-28(39-3)25-29(24-27)40-4;;/h5-8,11-14,23-26,37H,9-10,15-22H2,1-4H3;2*1H. The summed E-state index contributed by atoms with van der Waals surface area (Å²) >= 11 is 1.65. The molecule has 0 bridgehead atoms. The van der Waals surface area contributed by atoms with Gasteiger partial charge in [0.15, 0.2) is 4.87 Å². The molecule has 3 atom stereocenters. The van der Waals surface area contributed by atoms with Gasteiger partial charge >= 0.3 is 0 Å². The Hall–Kier alpha value is -2.17. The van der Waals surface area contributed by atoms with Crippen LogP contribution in [0.3, 0.4) is 0 Å². The van der Waals surface area contributed by atoms with Gasteiger partial charge in [-0.05, 0) is 68.6 Å². The summed E-state index contributed by atoms with van der Waals surface area (Å²) in [5.74, 6) is 2.52. The van der Waals surface area contributed by atoms with Gasteiger partial charge in [0.1, 0.15) is 23.3 Å². The van der Waals surface area contributed by atoms with Crippen LogP contribution in [0, 0.1) is 5.21 Å². The molecule has 44 heavy (non-hydrogen) atoms. The zero-order valence-electron chi connectivity index (χ0n) is 26.3. The highest BCUT2D eigenvalue weighted by Gasteiger charge is 2.44. The van der Waals surface area contributed by atoms with Gasteiger partial charge in [-0.25, -0.2) is 0 Å². The van der Waals surface area contributed by atoms with Gasteiger partial charge in [-0.3, -0.25) is 0 Å². The molecule has 2 aliphatic heterocycles. The zero-order valence-corrected chi connectivity index (χ0v) is 28.7. The molecule has 0 amide bonds. The van der Waals surface area contributed by atoms with Crippen LogP contribution < -0.4 is 19.3 Å². The quantitative estimate of drug-likeness (QED) is 0.189. The molecule has 1 saturated heterocycles. The lowest BCUT2D eigenvalue weighted by Crippen LogP contribution is -3.14. The van der Waals surface area contributed by atoms with Crippen LogP contribution in [0.5, 0.6) is 17.2 Å². The normalized spacial score (nSPS) is 21.8. The molecule has 1 fully saturated rings. The van der Waals surface area contributed by atoms with Crippen LogP contribution in [0.25, 0.3) is 0 Å². The van der Waals surface area contributed by atoms with Crippen LogP contribution in [0.1, 0.15) is 49.4 Å². The maximum absolute atomic E-state index is 13.6. The Bertz CT molecular complexity index is 1300. The van der Waals surface area contributed by atoms with Gasteiger partial charge in [-0.15, -0.1) is 24.8 Å². The van der Waals surface area contributed by atoms with Crippen LogP contribution >= 0.6 is 36.6 Å². The molecule has 10 heteroatoms. The Labute approximate surface area is 279 Å². The van der Waals surface area contributed by atoms with Crippen molar-refractivity contribution < 1.29 is 19.3 Å². The summed E-state index contributed by atoms with van der Waals surface area (Å²) in [5.41, 5.74) is 3.35. The van der Waals surface area contributed by atoms with Gasteiger partial charge in [0, 0.05) is 56.2 Å². The van der Waals surface area contributed by atoms with E-state index in [1.807, 2.05) is 37.3 Å². The van der Waals surface area contributed by atoms with E-state index in [1.54, 1.807) is 26.0 Å². The van der Waals surface area contributed by atoms with E-state index in [-0.39, 0.29) is 35.9 Å². The number of hydrogen-bond acceptors (Lipinski definition) is 7. The molecule has 7 nitrogen and oxygen atoms in total. The fraction of sp³-hybridized carbons (Fsp3) is 0.471. The first-order valence-electron chi connectivity index (χ1n) is 15.1. The molecular weight excluding hydrogens is 617 g/mol. The van der Waals surface area contributed by atoms with Crippen molar-refractivity contribution in [3.05, 3.63) is 88.6 Å². The summed E-state index contributed by atoms with van der Waals surface area (Å²) in [6.07, 6.45) is 3.07. The molecule has 0 radical (unpaired) electrons. The Kier molecular flexibility index (Phi) is 14.0. The number of halogens is 2. The van der Waals surface area contributed by atoms with E-state index in [2.05, 4.69) is 53.1 Å². The van der Waals surface area contributed by atoms with Gasteiger partial charge in [0.25, 0.3) is 0 Å². The first kappa shape index (κ1) is 36.3. The molecule has 1 N–H and O–H groups in total. The molecule has 0 aromatic heterocycles. The summed E-state index contributed by atoms with van der Waals surface area (Å²) in [6, 6.07) is 22.4. The molecule has 0 spiro atoms. The van der Waals surface area contributed by atoms with E-state index in [0.29, 0.717) is 6.61 Å². The Balaban J connectivity index is 0.00000264. The summed E-state index contributed by atoms with van der Waals surface area (Å²) in [6.45, 7) is 11.3. The van der Waals surface area contributed by atoms with Crippen LogP contribution in [0.15, 0.2) is 71.6 Å². The molecule has 0 saturated carbocycles. The first-order chi connectivity index (χ1) is 20.4. The fourth-order valence-electron chi connectivity index (χ4n) is 6.08. The van der Waals surface area contributed by atoms with E-state index >= 15 is 0 Å². The molecule has 0 aliphatic carbocycles. The number of nitrogens with one attached hydrogen (secondary N) is 1. The number of fused-ring (bicyclic) bond motifs is 1. The minimum atomic E-state index is -0.664. The second-order valence-electron chi connectivity index (χ2n) is 11.5. The molecule has 2 aliphatic rings. The largest absolute Gasteiger partial charge is 0.633 e. The third-order valence-electron chi connectivity index (χ3n) is 8.68. The number of quaternary nitrogens is 1. The summed E-state index contributed by atoms with van der Waals surface area (Å²) < 4.78 is 17.2. The second kappa shape index (κ2) is 16.9. The molecule has 2 heterocycles. The maximum atomic E-state index is 13.6. The number of piperazine rings is 1. The highest BCUT2D eigenvalue weighted by atomic mass is 35.5. The van der Waals surface area contributed by atoms with Crippen molar-refractivity contribution in [2.24, 2.45) is 0 Å². The second-order valence-corrected chi connectivity index (χ2v) is 12.9. The predicted molar refractivity (Wildman–Crippen MR) is 184 cm³/mol. The average Bonchev–Trinajstić information content (AvgIpc) is 3.03. The Morgan fingerprint density at radius 2 is 1.48 bits per heavy atom. The van der Waals surface area contributed by atoms with Gasteiger partial charge < -0.3 is 34.3 Å². The van der Waals surface area contributed by atoms with Crippen molar-refractivity contribution in [2.75, 3.05) is 60.1 Å². The number of benzene rings is 3. The minimum Gasteiger partial charge on any atom is -0.633 e. The minimum absolute atomic E-state index is 0. The molecule has 3 unspecified atom stereocenters. The first-order valence-corrected chi connectivity index (χ1v) is 15.9. The molecule has 3 aromatic carbocycles. The molecule has 242 valence electrons. The van der Waals surface area contributed by atoms with Crippen LogP contribution in [0.2, 0.25) is 0 Å². The Morgan fingerprint density at radius 1 is 0.864 bits per heavy atom. The van der Waals surface area contributed by atoms with E-state index in [4.69, 9.17) is 14.2 Å². The predicted octanol–water partition coefficient (Wildman–Crippen LogP) is 5.99. The van der Waals surface area contributed by atoms with Crippen molar-refractivity contribution in [3.8, 4) is 17.2 Å². The zero-order chi connectivity index (χ0) is 29.5. The average molecular weight is 665 g/mol. The van der Waals surface area contributed by atoms with Crippen LogP contribution in [-0.4, -0.2) is 69.9 Å².